The van der Waals surface area contributed by atoms with Crippen molar-refractivity contribution in [3.8, 4) is 5.75 Å². The Balaban J connectivity index is 1.82. The summed E-state index contributed by atoms with van der Waals surface area (Å²) < 4.78 is 7.39. The summed E-state index contributed by atoms with van der Waals surface area (Å²) in [6.45, 7) is 2.78. The van der Waals surface area contributed by atoms with Gasteiger partial charge in [0.1, 0.15) is 11.4 Å². The average Bonchev–Trinajstić information content (AvgIpc) is 2.88. The van der Waals surface area contributed by atoms with E-state index in [-0.39, 0.29) is 6.04 Å². The van der Waals surface area contributed by atoms with E-state index in [1.54, 1.807) is 7.11 Å². The molecule has 0 aliphatic heterocycles. The first-order valence-corrected chi connectivity index (χ1v) is 7.56. The van der Waals surface area contributed by atoms with Gasteiger partial charge in [-0.1, -0.05) is 35.9 Å². The molecule has 0 aliphatic carbocycles. The number of nitrogens with zero attached hydrogens (tertiary/aromatic N) is 2. The highest BCUT2D eigenvalue weighted by Crippen LogP contribution is 2.25. The lowest BCUT2D eigenvalue weighted by molar-refractivity contribution is 0.406. The first kappa shape index (κ1) is 14.9. The average molecular weight is 316 g/mol. The summed E-state index contributed by atoms with van der Waals surface area (Å²) in [7, 11) is 1.68. The van der Waals surface area contributed by atoms with E-state index in [1.807, 2.05) is 47.0 Å². The van der Waals surface area contributed by atoms with Crippen molar-refractivity contribution in [2.24, 2.45) is 0 Å². The molecule has 0 fully saturated rings. The molecule has 1 N–H and O–H groups in total. The normalized spacial score (nSPS) is 12.5. The van der Waals surface area contributed by atoms with Crippen molar-refractivity contribution < 1.29 is 4.74 Å². The molecule has 3 rings (SSSR count). The number of halogens is 1. The number of fused-ring (bicyclic) bond motifs is 1. The molecule has 0 radical (unpaired) electrons. The van der Waals surface area contributed by atoms with Gasteiger partial charge in [-0.2, -0.15) is 0 Å². The molecule has 0 bridgehead atoms. The minimum absolute atomic E-state index is 0.0646. The maximum atomic E-state index is 6.31. The number of aromatic nitrogens is 2. The molecule has 2 heterocycles. The summed E-state index contributed by atoms with van der Waals surface area (Å²) >= 11 is 6.31. The van der Waals surface area contributed by atoms with Crippen LogP contribution in [0.5, 0.6) is 5.75 Å². The highest BCUT2D eigenvalue weighted by molar-refractivity contribution is 6.30. The van der Waals surface area contributed by atoms with Crippen LogP contribution in [0.2, 0.25) is 5.15 Å². The molecular formula is C17H18ClN3O. The molecule has 0 spiro atoms. The van der Waals surface area contributed by atoms with Gasteiger partial charge in [-0.15, -0.1) is 0 Å². The van der Waals surface area contributed by atoms with Crippen LogP contribution in [-0.4, -0.2) is 16.5 Å². The van der Waals surface area contributed by atoms with Crippen molar-refractivity contribution >= 4 is 17.2 Å². The van der Waals surface area contributed by atoms with E-state index >= 15 is 0 Å². The van der Waals surface area contributed by atoms with Crippen LogP contribution in [0, 0.1) is 0 Å². The monoisotopic (exact) mass is 315 g/mol. The van der Waals surface area contributed by atoms with Crippen LogP contribution in [0.1, 0.15) is 24.2 Å². The Morgan fingerprint density at radius 1 is 1.23 bits per heavy atom. The Hall–Kier alpha value is -2.04. The molecule has 2 aromatic heterocycles. The molecule has 0 amide bonds. The number of hydrogen-bond acceptors (Lipinski definition) is 3. The Kier molecular flexibility index (Phi) is 4.32. The van der Waals surface area contributed by atoms with Crippen molar-refractivity contribution in [2.75, 3.05) is 7.11 Å². The van der Waals surface area contributed by atoms with Crippen LogP contribution in [0.3, 0.4) is 0 Å². The third-order valence-electron chi connectivity index (χ3n) is 3.72. The van der Waals surface area contributed by atoms with Gasteiger partial charge in [-0.05, 0) is 25.1 Å². The molecule has 1 atom stereocenters. The van der Waals surface area contributed by atoms with Gasteiger partial charge in [0.15, 0.2) is 5.15 Å². The number of hydrogen-bond donors (Lipinski definition) is 1. The van der Waals surface area contributed by atoms with Crippen molar-refractivity contribution in [3.63, 3.8) is 0 Å². The Bertz CT molecular complexity index is 784. The quantitative estimate of drug-likeness (QED) is 0.777. The molecule has 22 heavy (non-hydrogen) atoms. The van der Waals surface area contributed by atoms with Crippen molar-refractivity contribution in [3.05, 3.63) is 65.1 Å². The zero-order valence-corrected chi connectivity index (χ0v) is 13.3. The fraction of sp³-hybridized carbons (Fsp3) is 0.235. The summed E-state index contributed by atoms with van der Waals surface area (Å²) in [6.07, 6.45) is 1.98. The minimum atomic E-state index is 0.0646. The van der Waals surface area contributed by atoms with Gasteiger partial charge < -0.3 is 14.5 Å². The lowest BCUT2D eigenvalue weighted by Crippen LogP contribution is -2.20. The number of nitrogens with one attached hydrogen (secondary N) is 1. The third-order valence-corrected chi connectivity index (χ3v) is 4.00. The standard InChI is InChI=1S/C17H18ClN3O/c1-12(19-11-13-7-3-4-8-14(13)22-2)16-17(18)20-15-9-5-6-10-21(15)16/h3-10,12,19H,11H2,1-2H3. The number of methoxy groups -OCH3 is 1. The molecule has 1 aromatic carbocycles. The van der Waals surface area contributed by atoms with Gasteiger partial charge >= 0.3 is 0 Å². The second-order valence-electron chi connectivity index (χ2n) is 5.13. The molecule has 5 heteroatoms. The van der Waals surface area contributed by atoms with Crippen LogP contribution >= 0.6 is 11.6 Å². The van der Waals surface area contributed by atoms with E-state index in [1.165, 1.54) is 0 Å². The van der Waals surface area contributed by atoms with E-state index in [0.29, 0.717) is 11.7 Å². The van der Waals surface area contributed by atoms with Crippen molar-refractivity contribution in [1.82, 2.24) is 14.7 Å². The fourth-order valence-electron chi connectivity index (χ4n) is 2.58. The Morgan fingerprint density at radius 3 is 2.82 bits per heavy atom. The van der Waals surface area contributed by atoms with Gasteiger partial charge in [0, 0.05) is 24.3 Å². The Morgan fingerprint density at radius 2 is 2.00 bits per heavy atom. The van der Waals surface area contributed by atoms with E-state index < -0.39 is 0 Å². The topological polar surface area (TPSA) is 38.6 Å². The molecule has 0 aliphatic rings. The maximum absolute atomic E-state index is 6.31. The number of ether oxygens (including phenoxy) is 1. The summed E-state index contributed by atoms with van der Waals surface area (Å²) in [5.41, 5.74) is 2.93. The number of benzene rings is 1. The van der Waals surface area contributed by atoms with Crippen molar-refractivity contribution in [1.29, 1.82) is 0 Å². The van der Waals surface area contributed by atoms with E-state index in [4.69, 9.17) is 16.3 Å². The van der Waals surface area contributed by atoms with Crippen molar-refractivity contribution in [2.45, 2.75) is 19.5 Å². The van der Waals surface area contributed by atoms with Gasteiger partial charge in [0.25, 0.3) is 0 Å². The second-order valence-corrected chi connectivity index (χ2v) is 5.49. The number of pyridine rings is 1. The molecule has 3 aromatic rings. The molecule has 0 saturated carbocycles. The van der Waals surface area contributed by atoms with E-state index in [0.717, 1.165) is 22.7 Å². The predicted octanol–water partition coefficient (Wildman–Crippen LogP) is 3.85. The van der Waals surface area contributed by atoms with E-state index in [9.17, 15) is 0 Å². The first-order chi connectivity index (χ1) is 10.7. The largest absolute Gasteiger partial charge is 0.496 e. The zero-order valence-electron chi connectivity index (χ0n) is 12.6. The SMILES string of the molecule is COc1ccccc1CNC(C)c1c(Cl)nc2ccccn12. The summed E-state index contributed by atoms with van der Waals surface area (Å²) in [5, 5.41) is 4.02. The van der Waals surface area contributed by atoms with Crippen LogP contribution < -0.4 is 10.1 Å². The number of rotatable bonds is 5. The van der Waals surface area contributed by atoms with E-state index in [2.05, 4.69) is 23.3 Å². The fourth-order valence-corrected chi connectivity index (χ4v) is 2.92. The maximum Gasteiger partial charge on any atom is 0.152 e. The highest BCUT2D eigenvalue weighted by Gasteiger charge is 2.16. The third kappa shape index (κ3) is 2.80. The van der Waals surface area contributed by atoms with Crippen LogP contribution in [0.4, 0.5) is 0 Å². The van der Waals surface area contributed by atoms with Gasteiger partial charge in [-0.3, -0.25) is 0 Å². The molecule has 1 unspecified atom stereocenters. The summed E-state index contributed by atoms with van der Waals surface area (Å²) in [5.74, 6) is 0.881. The molecule has 4 nitrogen and oxygen atoms in total. The van der Waals surface area contributed by atoms with Gasteiger partial charge in [-0.25, -0.2) is 4.98 Å². The molecule has 114 valence electrons. The Labute approximate surface area is 134 Å². The predicted molar refractivity (Wildman–Crippen MR) is 88.5 cm³/mol. The first-order valence-electron chi connectivity index (χ1n) is 7.18. The second kappa shape index (κ2) is 6.38. The summed E-state index contributed by atoms with van der Waals surface area (Å²) in [4.78, 5) is 4.39. The van der Waals surface area contributed by atoms with Crippen LogP contribution in [-0.2, 0) is 6.54 Å². The van der Waals surface area contributed by atoms with Gasteiger partial charge in [0.05, 0.1) is 12.8 Å². The summed E-state index contributed by atoms with van der Waals surface area (Å²) in [6, 6.07) is 13.9. The van der Waals surface area contributed by atoms with Gasteiger partial charge in [0.2, 0.25) is 0 Å². The highest BCUT2D eigenvalue weighted by atomic mass is 35.5. The number of imidazole rings is 1. The number of para-hydroxylation sites is 1. The smallest absolute Gasteiger partial charge is 0.152 e. The lowest BCUT2D eigenvalue weighted by atomic mass is 10.1. The van der Waals surface area contributed by atoms with Crippen LogP contribution in [0.15, 0.2) is 48.7 Å². The minimum Gasteiger partial charge on any atom is -0.496 e. The zero-order chi connectivity index (χ0) is 15.5. The van der Waals surface area contributed by atoms with Crippen LogP contribution in [0.25, 0.3) is 5.65 Å². The molecule has 0 saturated heterocycles. The molecular weight excluding hydrogens is 298 g/mol. The lowest BCUT2D eigenvalue weighted by Gasteiger charge is -2.15.